The highest BCUT2D eigenvalue weighted by atomic mass is 32.1. The minimum Gasteiger partial charge on any atom is -0.494 e. The maximum absolute atomic E-state index is 13.6. The van der Waals surface area contributed by atoms with Crippen molar-refractivity contribution >= 4 is 108 Å². The Labute approximate surface area is 600 Å². The van der Waals surface area contributed by atoms with Gasteiger partial charge in [-0.2, -0.15) is 5.10 Å². The smallest absolute Gasteiger partial charge is 0.254 e. The molecule has 3 fully saturated rings. The first-order valence-corrected chi connectivity index (χ1v) is 35.5. The lowest BCUT2D eigenvalue weighted by molar-refractivity contribution is 0.0958. The molecule has 528 valence electrons. The summed E-state index contributed by atoms with van der Waals surface area (Å²) in [6.45, 7) is 8.10. The Balaban J connectivity index is 0.000000120. The summed E-state index contributed by atoms with van der Waals surface area (Å²) in [7, 11) is 3.56. The van der Waals surface area contributed by atoms with E-state index in [0.717, 1.165) is 165 Å². The van der Waals surface area contributed by atoms with Crippen molar-refractivity contribution in [1.82, 2.24) is 65.0 Å². The summed E-state index contributed by atoms with van der Waals surface area (Å²) < 4.78 is 24.1. The van der Waals surface area contributed by atoms with Gasteiger partial charge in [0.2, 0.25) is 0 Å². The first-order valence-electron chi connectivity index (χ1n) is 34.7. The zero-order valence-electron chi connectivity index (χ0n) is 57.2. The molecule has 0 atom stereocenters. The van der Waals surface area contributed by atoms with E-state index in [1.54, 1.807) is 60.0 Å². The van der Waals surface area contributed by atoms with Crippen LogP contribution in [0.15, 0.2) is 140 Å². The monoisotopic (exact) mass is 1420 g/mol. The lowest BCUT2D eigenvalue weighted by atomic mass is 9.95. The number of fused-ring (bicyclic) bond motifs is 6. The van der Waals surface area contributed by atoms with E-state index in [-0.39, 0.29) is 41.9 Å². The van der Waals surface area contributed by atoms with Gasteiger partial charge >= 0.3 is 0 Å². The number of hydrogen-bond donors (Lipinski definition) is 9. The second-order valence-corrected chi connectivity index (χ2v) is 27.5. The molecule has 10 aromatic heterocycles. The molecular weight excluding hydrogens is 1340 g/mol. The third-order valence-electron chi connectivity index (χ3n) is 20.2. The molecule has 3 amide bonds. The minimum absolute atomic E-state index is 0.0946. The van der Waals surface area contributed by atoms with Gasteiger partial charge in [0.15, 0.2) is 5.65 Å². The molecule has 0 bridgehead atoms. The summed E-state index contributed by atoms with van der Waals surface area (Å²) in [6, 6.07) is 24.1. The van der Waals surface area contributed by atoms with Gasteiger partial charge < -0.3 is 71.2 Å². The number of nitrogens with zero attached hydrogens (tertiary/aromatic N) is 13. The van der Waals surface area contributed by atoms with Crippen molar-refractivity contribution in [2.45, 2.75) is 83.4 Å². The molecule has 12 aromatic rings. The van der Waals surface area contributed by atoms with Crippen LogP contribution in [0.3, 0.4) is 0 Å². The fraction of sp³-hybridized carbons (Fsp3) is 0.276. The van der Waals surface area contributed by atoms with Crippen LogP contribution in [-0.4, -0.2) is 147 Å². The average Bonchev–Trinajstić information content (AvgIpc) is 1.59. The molecule has 6 aliphatic rings. The number of imidazole rings is 1. The number of rotatable bonds is 13. The number of methoxy groups -OCH3 is 1. The number of aliphatic hydroxyl groups excluding tert-OH is 3. The fourth-order valence-corrected chi connectivity index (χ4v) is 15.7. The van der Waals surface area contributed by atoms with Crippen LogP contribution in [0.4, 0.5) is 56.0 Å². The van der Waals surface area contributed by atoms with Crippen molar-refractivity contribution in [3.63, 3.8) is 0 Å². The van der Waals surface area contributed by atoms with Crippen LogP contribution in [0.1, 0.15) is 91.9 Å². The number of nitrogens with one attached hydrogen (secondary N) is 6. The third kappa shape index (κ3) is 13.0. The number of thiophene rings is 1. The van der Waals surface area contributed by atoms with E-state index in [1.165, 1.54) is 12.1 Å². The first kappa shape index (κ1) is 66.8. The maximum Gasteiger partial charge on any atom is 0.254 e. The maximum atomic E-state index is 13.6. The Kier molecular flexibility index (Phi) is 18.1. The summed E-state index contributed by atoms with van der Waals surface area (Å²) in [4.78, 5) is 72.3. The highest BCUT2D eigenvalue weighted by Crippen LogP contribution is 2.42. The minimum atomic E-state index is -0.354. The Morgan fingerprint density at radius 3 is 1.77 bits per heavy atom. The zero-order valence-corrected chi connectivity index (χ0v) is 58.0. The van der Waals surface area contributed by atoms with Crippen LogP contribution < -0.4 is 51.3 Å². The van der Waals surface area contributed by atoms with E-state index in [1.807, 2.05) is 96.9 Å². The number of ether oxygens (including phenoxy) is 1. The van der Waals surface area contributed by atoms with Crippen LogP contribution in [0.25, 0.3) is 60.5 Å². The Morgan fingerprint density at radius 1 is 0.567 bits per heavy atom. The summed E-state index contributed by atoms with van der Waals surface area (Å²) in [5.74, 6) is 1.80. The van der Waals surface area contributed by atoms with Crippen LogP contribution in [-0.2, 0) is 26.7 Å². The predicted molar refractivity (Wildman–Crippen MR) is 397 cm³/mol. The first-order chi connectivity index (χ1) is 50.7. The molecule has 0 saturated carbocycles. The van der Waals surface area contributed by atoms with Crippen LogP contribution >= 0.6 is 11.3 Å². The van der Waals surface area contributed by atoms with Crippen LogP contribution in [0, 0.1) is 12.7 Å². The number of halogens is 1. The van der Waals surface area contributed by atoms with Gasteiger partial charge in [0.05, 0.1) is 135 Å². The predicted octanol–water partition coefficient (Wildman–Crippen LogP) is 10.5. The van der Waals surface area contributed by atoms with Gasteiger partial charge in [-0.25, -0.2) is 24.3 Å². The molecule has 26 nitrogen and oxygen atoms in total. The highest BCUT2D eigenvalue weighted by Gasteiger charge is 2.32. The number of carbonyl (C=O) groups excluding carboxylic acids is 3. The Hall–Kier alpha value is -11.7. The molecular formula is C76H74FN19O7S. The highest BCUT2D eigenvalue weighted by molar-refractivity contribution is 7.18. The van der Waals surface area contributed by atoms with Crippen molar-refractivity contribution < 1.29 is 38.8 Å². The van der Waals surface area contributed by atoms with Crippen molar-refractivity contribution in [3.8, 4) is 39.4 Å². The van der Waals surface area contributed by atoms with Crippen molar-refractivity contribution in [2.75, 3.05) is 77.0 Å². The van der Waals surface area contributed by atoms with E-state index in [2.05, 4.69) is 94.0 Å². The molecule has 6 aliphatic heterocycles. The molecule has 16 heterocycles. The van der Waals surface area contributed by atoms with E-state index < -0.39 is 0 Å². The number of benzene rings is 2. The quantitative estimate of drug-likeness (QED) is 0.0518. The summed E-state index contributed by atoms with van der Waals surface area (Å²) in [5.41, 5.74) is 18.3. The number of pyridine rings is 6. The van der Waals surface area contributed by atoms with Gasteiger partial charge in [-0.15, -0.1) is 16.4 Å². The van der Waals surface area contributed by atoms with E-state index in [4.69, 9.17) is 9.72 Å². The molecule has 3 saturated heterocycles. The van der Waals surface area contributed by atoms with Gasteiger partial charge in [-0.1, -0.05) is 12.1 Å². The number of amides is 3. The van der Waals surface area contributed by atoms with E-state index in [9.17, 15) is 34.1 Å². The molecule has 0 unspecified atom stereocenters. The number of aromatic nitrogens is 10. The summed E-state index contributed by atoms with van der Waals surface area (Å²) >= 11 is 1.65. The number of aliphatic hydroxyl groups is 3. The number of aryl methyl sites for hydroxylation is 2. The topological polar surface area (TPSA) is 315 Å². The number of hydrogen-bond acceptors (Lipinski definition) is 22. The Morgan fingerprint density at radius 2 is 1.14 bits per heavy atom. The standard InChI is InChI=1S/C26H25FN6O3.C25H25N7O2.C25H24N6O2S/c1-36-22-11-23(28-14-21(22)32-7-5-16(34)6-8-32)31-19-3-2-17(18-12-30-26(35)25(18)19)20-13-29-24-10-15(27)4-9-33(20)24;1-31-14-20(18-6-9-28-30-24(18)31)17-3-4-21(23-19(17)13-27-25(23)34)29-22-5-2-15(12-26-22)32-10-7-16(33)8-11-32;1-14-13-34-24-17(4-7-26-22(14)24)23-18-11-29-25(33)21(18)19(12-28-23)30-20-3-2-15(10-27-20)31-8-5-16(32)6-9-31/h2-4,9-11,13-14,16,34H,5-8,12H2,1H3,(H,28,31)(H,30,35);2-6,9,12,14,16,33H,7-8,10-11,13H2,1H3,(H,26,29)(H,27,34);2-4,7,10,12-13,16,32H,5-6,8-9,11H2,1H3,(H,27,30)(H,29,33). The summed E-state index contributed by atoms with van der Waals surface area (Å²) in [5, 5.41) is 59.4. The molecule has 104 heavy (non-hydrogen) atoms. The molecule has 0 radical (unpaired) electrons. The van der Waals surface area contributed by atoms with Crippen LogP contribution in [0.5, 0.6) is 5.75 Å². The molecule has 0 spiro atoms. The van der Waals surface area contributed by atoms with Crippen molar-refractivity contribution in [3.05, 3.63) is 185 Å². The normalized spacial score (nSPS) is 16.0. The molecule has 28 heteroatoms. The second-order valence-electron chi connectivity index (χ2n) is 26.6. The lowest BCUT2D eigenvalue weighted by Gasteiger charge is -2.32. The van der Waals surface area contributed by atoms with E-state index >= 15 is 0 Å². The number of anilines is 9. The largest absolute Gasteiger partial charge is 0.494 e. The lowest BCUT2D eigenvalue weighted by Crippen LogP contribution is -2.36. The molecule has 9 N–H and O–H groups in total. The zero-order chi connectivity index (χ0) is 71.3. The van der Waals surface area contributed by atoms with E-state index in [0.29, 0.717) is 89.4 Å². The summed E-state index contributed by atoms with van der Waals surface area (Å²) in [6.07, 6.45) is 19.8. The number of carbonyl (C=O) groups is 3. The molecule has 0 aliphatic carbocycles. The third-order valence-corrected chi connectivity index (χ3v) is 21.3. The number of piperidine rings is 3. The van der Waals surface area contributed by atoms with Gasteiger partial charge in [0, 0.05) is 124 Å². The van der Waals surface area contributed by atoms with Gasteiger partial charge in [0.25, 0.3) is 17.7 Å². The fourth-order valence-electron chi connectivity index (χ4n) is 14.7. The molecule has 2 aromatic carbocycles. The van der Waals surface area contributed by atoms with Gasteiger partial charge in [0.1, 0.15) is 34.7 Å². The van der Waals surface area contributed by atoms with Crippen LogP contribution in [0.2, 0.25) is 0 Å². The average molecular weight is 1420 g/mol. The second kappa shape index (κ2) is 28.3. The van der Waals surface area contributed by atoms with Crippen molar-refractivity contribution in [1.29, 1.82) is 0 Å². The van der Waals surface area contributed by atoms with Gasteiger partial charge in [-0.05, 0) is 128 Å². The van der Waals surface area contributed by atoms with Crippen molar-refractivity contribution in [2.24, 2.45) is 7.05 Å². The Bertz CT molecular complexity index is 5290. The SMILES string of the molecule is COc1cc(Nc2ccc(-c3cnc4cc(F)ccn34)c3c2C(=O)NC3)ncc1N1CCC(O)CC1.Cc1csc2c(-c3ncc(Nc4ccc(N5CCC(O)CC5)cn4)c4c3CNC4=O)ccnc12.Cn1cc(-c2ccc(Nc3ccc(N4CCC(O)CC4)cn3)c3c2CNC3=O)c2ccnnc21. The van der Waals surface area contributed by atoms with Gasteiger partial charge in [-0.3, -0.25) is 28.8 Å². The molecule has 18 rings (SSSR count).